The molecule has 0 aliphatic carbocycles. The molecule has 146 valence electrons. The first kappa shape index (κ1) is 17.7. The van der Waals surface area contributed by atoms with Crippen molar-refractivity contribution < 1.29 is 8.42 Å². The molecule has 29 heavy (non-hydrogen) atoms. The van der Waals surface area contributed by atoms with Crippen LogP contribution >= 0.6 is 0 Å². The number of sulfone groups is 1. The van der Waals surface area contributed by atoms with Gasteiger partial charge in [-0.1, -0.05) is 18.2 Å². The third kappa shape index (κ3) is 2.92. The van der Waals surface area contributed by atoms with Gasteiger partial charge in [-0.2, -0.15) is 5.10 Å². The fourth-order valence-electron chi connectivity index (χ4n) is 3.66. The molecule has 2 aromatic carbocycles. The van der Waals surface area contributed by atoms with Crippen molar-refractivity contribution in [2.24, 2.45) is 7.05 Å². The zero-order valence-corrected chi connectivity index (χ0v) is 16.6. The van der Waals surface area contributed by atoms with Crippen molar-refractivity contribution in [3.63, 3.8) is 0 Å². The minimum absolute atomic E-state index is 0.272. The molecule has 1 aliphatic rings. The summed E-state index contributed by atoms with van der Waals surface area (Å²) in [5.41, 5.74) is 1.79. The number of fused-ring (bicyclic) bond motifs is 2. The van der Waals surface area contributed by atoms with Crippen molar-refractivity contribution in [3.8, 4) is 0 Å². The van der Waals surface area contributed by atoms with Crippen LogP contribution in [0.2, 0.25) is 0 Å². The quantitative estimate of drug-likeness (QED) is 0.522. The average molecular weight is 405 g/mol. The maximum Gasteiger partial charge on any atom is 0.210 e. The Labute approximate surface area is 168 Å². The average Bonchev–Trinajstić information content (AvgIpc) is 3.36. The molecule has 4 aromatic rings. The summed E-state index contributed by atoms with van der Waals surface area (Å²) in [6.45, 7) is 1.43. The van der Waals surface area contributed by atoms with Gasteiger partial charge in [0.15, 0.2) is 0 Å². The van der Waals surface area contributed by atoms with E-state index in [1.165, 1.54) is 0 Å². The van der Waals surface area contributed by atoms with E-state index >= 15 is 0 Å². The van der Waals surface area contributed by atoms with E-state index in [9.17, 15) is 8.42 Å². The molecule has 0 amide bonds. The van der Waals surface area contributed by atoms with Crippen LogP contribution in [-0.2, 0) is 30.0 Å². The van der Waals surface area contributed by atoms with Crippen LogP contribution in [0.3, 0.4) is 0 Å². The number of nitrogens with zero attached hydrogens (tertiary/aromatic N) is 5. The zero-order valence-electron chi connectivity index (χ0n) is 15.8. The first-order chi connectivity index (χ1) is 14.0. The van der Waals surface area contributed by atoms with Gasteiger partial charge in [0.2, 0.25) is 15.8 Å². The zero-order chi connectivity index (χ0) is 20.0. The second-order valence-corrected chi connectivity index (χ2v) is 8.91. The Balaban J connectivity index is 1.45. The summed E-state index contributed by atoms with van der Waals surface area (Å²) in [5, 5.41) is 4.82. The second kappa shape index (κ2) is 6.59. The van der Waals surface area contributed by atoms with Gasteiger partial charge in [-0.15, -0.1) is 0 Å². The van der Waals surface area contributed by atoms with Crippen LogP contribution in [0.5, 0.6) is 0 Å². The predicted molar refractivity (Wildman–Crippen MR) is 110 cm³/mol. The molecule has 0 radical (unpaired) electrons. The largest absolute Gasteiger partial charge is 0.314 e. The fraction of sp³-hybridized carbons (Fsp3) is 0.143. The first-order valence-corrected chi connectivity index (χ1v) is 10.7. The predicted octanol–water partition coefficient (Wildman–Crippen LogP) is 3.14. The SMILES string of the molecule is Cn1ncc2c(S(=O)(=O)c3ccc(CN4C=CCn5ccnc54)cc3)cccc21. The van der Waals surface area contributed by atoms with Crippen molar-refractivity contribution in [2.75, 3.05) is 4.90 Å². The molecule has 8 heteroatoms. The molecule has 0 spiro atoms. The Morgan fingerprint density at radius 3 is 2.76 bits per heavy atom. The molecule has 0 atom stereocenters. The minimum atomic E-state index is -3.64. The highest BCUT2D eigenvalue weighted by Crippen LogP contribution is 2.28. The molecule has 0 bridgehead atoms. The fourth-order valence-corrected chi connectivity index (χ4v) is 5.12. The molecule has 0 unspecified atom stereocenters. The van der Waals surface area contributed by atoms with Crippen molar-refractivity contribution >= 4 is 26.7 Å². The minimum Gasteiger partial charge on any atom is -0.314 e. The lowest BCUT2D eigenvalue weighted by Crippen LogP contribution is -2.22. The Kier molecular flexibility index (Phi) is 4.02. The number of rotatable bonds is 4. The first-order valence-electron chi connectivity index (χ1n) is 9.23. The van der Waals surface area contributed by atoms with Gasteiger partial charge in [-0.05, 0) is 35.9 Å². The standard InChI is InChI=1S/C21H19N5O2S/c1-24-19-4-2-5-20(18(19)14-23-24)29(27,28)17-8-6-16(7-9-17)15-26-12-3-11-25-13-10-22-21(25)26/h2-10,12-14H,11,15H2,1H3. The van der Waals surface area contributed by atoms with Gasteiger partial charge in [-0.3, -0.25) is 4.68 Å². The number of benzene rings is 2. The summed E-state index contributed by atoms with van der Waals surface area (Å²) >= 11 is 0. The molecule has 0 saturated heterocycles. The summed E-state index contributed by atoms with van der Waals surface area (Å²) in [6, 6.07) is 12.3. The van der Waals surface area contributed by atoms with Crippen molar-refractivity contribution in [1.29, 1.82) is 0 Å². The highest BCUT2D eigenvalue weighted by molar-refractivity contribution is 7.91. The second-order valence-electron chi connectivity index (χ2n) is 7.00. The van der Waals surface area contributed by atoms with Crippen molar-refractivity contribution in [2.45, 2.75) is 22.9 Å². The Hall–Kier alpha value is -3.39. The number of imidazole rings is 1. The molecular formula is C21H19N5O2S. The summed E-state index contributed by atoms with van der Waals surface area (Å²) in [5.74, 6) is 0.882. The van der Waals surface area contributed by atoms with Gasteiger partial charge in [0.05, 0.1) is 28.0 Å². The maximum absolute atomic E-state index is 13.2. The molecule has 1 aliphatic heterocycles. The topological polar surface area (TPSA) is 73.0 Å². The number of aromatic nitrogens is 4. The van der Waals surface area contributed by atoms with Crippen LogP contribution in [0, 0.1) is 0 Å². The molecule has 2 aromatic heterocycles. The normalized spacial score (nSPS) is 13.8. The number of hydrogen-bond donors (Lipinski definition) is 0. The molecule has 3 heterocycles. The summed E-state index contributed by atoms with van der Waals surface area (Å²) in [7, 11) is -1.84. The van der Waals surface area contributed by atoms with E-state index in [2.05, 4.69) is 20.7 Å². The van der Waals surface area contributed by atoms with Gasteiger partial charge in [0, 0.05) is 37.6 Å². The summed E-state index contributed by atoms with van der Waals surface area (Å²) in [4.78, 5) is 6.99. The van der Waals surface area contributed by atoms with Crippen molar-refractivity contribution in [3.05, 3.63) is 78.9 Å². The molecule has 0 saturated carbocycles. The Bertz CT molecular complexity index is 1330. The van der Waals surface area contributed by atoms with Crippen LogP contribution < -0.4 is 4.90 Å². The third-order valence-electron chi connectivity index (χ3n) is 5.17. The molecule has 0 fully saturated rings. The number of anilines is 1. The lowest BCUT2D eigenvalue weighted by Gasteiger charge is -2.24. The van der Waals surface area contributed by atoms with Gasteiger partial charge in [-0.25, -0.2) is 13.4 Å². The Morgan fingerprint density at radius 1 is 1.10 bits per heavy atom. The van der Waals surface area contributed by atoms with Gasteiger partial charge < -0.3 is 9.47 Å². The smallest absolute Gasteiger partial charge is 0.210 e. The van der Waals surface area contributed by atoms with Crippen LogP contribution in [0.15, 0.2) is 83.1 Å². The van der Waals surface area contributed by atoms with E-state index in [4.69, 9.17) is 0 Å². The molecular weight excluding hydrogens is 386 g/mol. The van der Waals surface area contributed by atoms with E-state index in [-0.39, 0.29) is 9.79 Å². The molecule has 7 nitrogen and oxygen atoms in total. The van der Waals surface area contributed by atoms with Crippen LogP contribution in [0.4, 0.5) is 5.95 Å². The van der Waals surface area contributed by atoms with E-state index in [0.717, 1.165) is 23.6 Å². The van der Waals surface area contributed by atoms with Gasteiger partial charge in [0.25, 0.3) is 0 Å². The molecule has 5 rings (SSSR count). The lowest BCUT2D eigenvalue weighted by atomic mass is 10.2. The highest BCUT2D eigenvalue weighted by Gasteiger charge is 2.22. The van der Waals surface area contributed by atoms with E-state index in [1.807, 2.05) is 35.5 Å². The van der Waals surface area contributed by atoms with Gasteiger partial charge >= 0.3 is 0 Å². The van der Waals surface area contributed by atoms with Crippen molar-refractivity contribution in [1.82, 2.24) is 19.3 Å². The summed E-state index contributed by atoms with van der Waals surface area (Å²) < 4.78 is 30.2. The highest BCUT2D eigenvalue weighted by atomic mass is 32.2. The monoisotopic (exact) mass is 405 g/mol. The van der Waals surface area contributed by atoms with Gasteiger partial charge in [0.1, 0.15) is 0 Å². The van der Waals surface area contributed by atoms with E-state index in [1.54, 1.807) is 48.4 Å². The third-order valence-corrected chi connectivity index (χ3v) is 6.99. The number of hydrogen-bond acceptors (Lipinski definition) is 5. The number of allylic oxidation sites excluding steroid dienone is 1. The van der Waals surface area contributed by atoms with E-state index < -0.39 is 9.84 Å². The van der Waals surface area contributed by atoms with E-state index in [0.29, 0.717) is 11.9 Å². The van der Waals surface area contributed by atoms with Crippen LogP contribution in [-0.4, -0.2) is 27.7 Å². The molecule has 0 N–H and O–H groups in total. The van der Waals surface area contributed by atoms with Crippen LogP contribution in [0.25, 0.3) is 10.9 Å². The van der Waals surface area contributed by atoms with Crippen LogP contribution in [0.1, 0.15) is 5.56 Å². The lowest BCUT2D eigenvalue weighted by molar-refractivity contribution is 0.597. The summed E-state index contributed by atoms with van der Waals surface area (Å²) in [6.07, 6.45) is 9.41. The Morgan fingerprint density at radius 2 is 1.93 bits per heavy atom. The maximum atomic E-state index is 13.2. The number of aryl methyl sites for hydroxylation is 1.